The van der Waals surface area contributed by atoms with Crippen LogP contribution in [0.15, 0.2) is 18.2 Å². The molecule has 0 amide bonds. The zero-order valence-electron chi connectivity index (χ0n) is 11.8. The molecule has 21 heavy (non-hydrogen) atoms. The van der Waals surface area contributed by atoms with Gasteiger partial charge >= 0.3 is 5.97 Å². The Hall–Kier alpha value is -2.08. The van der Waals surface area contributed by atoms with Crippen LogP contribution in [0.3, 0.4) is 0 Å². The number of rotatable bonds is 9. The predicted octanol–water partition coefficient (Wildman–Crippen LogP) is 1.57. The highest BCUT2D eigenvalue weighted by molar-refractivity contribution is 5.78. The summed E-state index contributed by atoms with van der Waals surface area (Å²) in [5.74, 6) is -1.30. The van der Waals surface area contributed by atoms with Crippen molar-refractivity contribution in [3.05, 3.63) is 23.8 Å². The molecule has 1 aromatic rings. The lowest BCUT2D eigenvalue weighted by Gasteiger charge is -2.06. The summed E-state index contributed by atoms with van der Waals surface area (Å²) < 4.78 is 0. The van der Waals surface area contributed by atoms with Crippen LogP contribution in [0.2, 0.25) is 0 Å². The monoisotopic (exact) mass is 295 g/mol. The third-order valence-corrected chi connectivity index (χ3v) is 3.25. The first kappa shape index (κ1) is 17.0. The Labute approximate surface area is 123 Å². The Morgan fingerprint density at radius 2 is 1.76 bits per heavy atom. The standard InChI is InChI=1S/C15H21NO5/c16-12(15(20)21)6-2-5-11(17)4-1-3-10-7-8-13(18)14(19)9-10/h7-9,12,18-19H,1-6,16H2,(H,20,21). The van der Waals surface area contributed by atoms with Gasteiger partial charge in [0.25, 0.3) is 0 Å². The molecule has 0 spiro atoms. The minimum absolute atomic E-state index is 0.0792. The van der Waals surface area contributed by atoms with Gasteiger partial charge in [-0.25, -0.2) is 0 Å². The second-order valence-electron chi connectivity index (χ2n) is 5.05. The highest BCUT2D eigenvalue weighted by Gasteiger charge is 2.11. The Kier molecular flexibility index (Phi) is 6.68. The number of nitrogens with two attached hydrogens (primary N) is 1. The van der Waals surface area contributed by atoms with Crippen LogP contribution in [0.4, 0.5) is 0 Å². The molecule has 0 saturated heterocycles. The summed E-state index contributed by atoms with van der Waals surface area (Å²) in [4.78, 5) is 22.1. The van der Waals surface area contributed by atoms with Crippen LogP contribution in [0.1, 0.15) is 37.7 Å². The molecule has 0 bridgehead atoms. The summed E-state index contributed by atoms with van der Waals surface area (Å²) in [7, 11) is 0. The van der Waals surface area contributed by atoms with Crippen molar-refractivity contribution >= 4 is 11.8 Å². The van der Waals surface area contributed by atoms with Crippen LogP contribution in [0.5, 0.6) is 11.5 Å². The lowest BCUT2D eigenvalue weighted by Crippen LogP contribution is -2.29. The quantitative estimate of drug-likeness (QED) is 0.513. The van der Waals surface area contributed by atoms with E-state index in [9.17, 15) is 19.8 Å². The maximum Gasteiger partial charge on any atom is 0.320 e. The lowest BCUT2D eigenvalue weighted by atomic mass is 10.0. The highest BCUT2D eigenvalue weighted by Crippen LogP contribution is 2.25. The molecule has 1 aromatic carbocycles. The SMILES string of the molecule is NC(CCCC(=O)CCCc1ccc(O)c(O)c1)C(=O)O. The second kappa shape index (κ2) is 8.26. The Morgan fingerprint density at radius 3 is 2.38 bits per heavy atom. The van der Waals surface area contributed by atoms with E-state index in [0.717, 1.165) is 5.56 Å². The number of aryl methyl sites for hydroxylation is 1. The van der Waals surface area contributed by atoms with Crippen LogP contribution in [0, 0.1) is 0 Å². The van der Waals surface area contributed by atoms with Crippen molar-refractivity contribution in [3.8, 4) is 11.5 Å². The number of carbonyl (C=O) groups excluding carboxylic acids is 1. The predicted molar refractivity (Wildman–Crippen MR) is 77.2 cm³/mol. The third kappa shape index (κ3) is 6.27. The smallest absolute Gasteiger partial charge is 0.320 e. The number of carbonyl (C=O) groups is 2. The number of aliphatic carboxylic acids is 1. The molecule has 0 aliphatic rings. The Balaban J connectivity index is 2.21. The second-order valence-corrected chi connectivity index (χ2v) is 5.05. The molecule has 5 N–H and O–H groups in total. The summed E-state index contributed by atoms with van der Waals surface area (Å²) >= 11 is 0. The van der Waals surface area contributed by atoms with Crippen molar-refractivity contribution in [1.82, 2.24) is 0 Å². The normalized spacial score (nSPS) is 12.0. The van der Waals surface area contributed by atoms with Crippen LogP contribution in [-0.4, -0.2) is 33.1 Å². The van der Waals surface area contributed by atoms with Crippen LogP contribution in [0.25, 0.3) is 0 Å². The molecule has 0 saturated carbocycles. The zero-order valence-corrected chi connectivity index (χ0v) is 11.8. The topological polar surface area (TPSA) is 121 Å². The van der Waals surface area contributed by atoms with E-state index in [0.29, 0.717) is 38.5 Å². The van der Waals surface area contributed by atoms with Crippen molar-refractivity contribution < 1.29 is 24.9 Å². The molecule has 0 fully saturated rings. The zero-order chi connectivity index (χ0) is 15.8. The number of aromatic hydroxyl groups is 2. The van der Waals surface area contributed by atoms with Gasteiger partial charge in [0.05, 0.1) is 0 Å². The highest BCUT2D eigenvalue weighted by atomic mass is 16.4. The van der Waals surface area contributed by atoms with Gasteiger partial charge in [0.15, 0.2) is 11.5 Å². The van der Waals surface area contributed by atoms with Crippen LogP contribution < -0.4 is 5.73 Å². The number of Topliss-reactive ketones (excluding diaryl/α,β-unsaturated/α-hetero) is 1. The first-order chi connectivity index (χ1) is 9.90. The van der Waals surface area contributed by atoms with E-state index in [1.54, 1.807) is 6.07 Å². The van der Waals surface area contributed by atoms with Gasteiger partial charge < -0.3 is 21.1 Å². The fourth-order valence-electron chi connectivity index (χ4n) is 1.98. The fourth-order valence-corrected chi connectivity index (χ4v) is 1.98. The summed E-state index contributed by atoms with van der Waals surface area (Å²) in [6.07, 6.45) is 2.80. The Bertz CT molecular complexity index is 501. The number of hydrogen-bond donors (Lipinski definition) is 4. The number of carboxylic acid groups (broad SMARTS) is 1. The lowest BCUT2D eigenvalue weighted by molar-refractivity contribution is -0.138. The number of carboxylic acids is 1. The van der Waals surface area contributed by atoms with E-state index in [1.165, 1.54) is 12.1 Å². The molecule has 6 nitrogen and oxygen atoms in total. The molecule has 0 aliphatic heterocycles. The van der Waals surface area contributed by atoms with Crippen molar-refractivity contribution in [1.29, 1.82) is 0 Å². The third-order valence-electron chi connectivity index (χ3n) is 3.25. The van der Waals surface area contributed by atoms with Crippen molar-refractivity contribution in [2.45, 2.75) is 44.6 Å². The van der Waals surface area contributed by atoms with Gasteiger partial charge in [-0.1, -0.05) is 6.07 Å². The van der Waals surface area contributed by atoms with E-state index in [1.807, 2.05) is 0 Å². The summed E-state index contributed by atoms with van der Waals surface area (Å²) in [5.41, 5.74) is 6.20. The average molecular weight is 295 g/mol. The Morgan fingerprint density at radius 1 is 1.10 bits per heavy atom. The number of phenolic OH excluding ortho intramolecular Hbond substituents is 2. The van der Waals surface area contributed by atoms with Crippen LogP contribution in [-0.2, 0) is 16.0 Å². The summed E-state index contributed by atoms with van der Waals surface area (Å²) in [5, 5.41) is 27.1. The van der Waals surface area contributed by atoms with Gasteiger partial charge in [0.1, 0.15) is 11.8 Å². The number of benzene rings is 1. The molecule has 6 heteroatoms. The molecular weight excluding hydrogens is 274 g/mol. The number of hydrogen-bond acceptors (Lipinski definition) is 5. The summed E-state index contributed by atoms with van der Waals surface area (Å²) in [6, 6.07) is 3.69. The van der Waals surface area contributed by atoms with E-state index in [-0.39, 0.29) is 17.3 Å². The number of ketones is 1. The molecule has 1 rings (SSSR count). The van der Waals surface area contributed by atoms with Crippen molar-refractivity contribution in [3.63, 3.8) is 0 Å². The molecular formula is C15H21NO5. The van der Waals surface area contributed by atoms with Crippen molar-refractivity contribution in [2.75, 3.05) is 0 Å². The molecule has 0 heterocycles. The van der Waals surface area contributed by atoms with E-state index in [4.69, 9.17) is 10.8 Å². The van der Waals surface area contributed by atoms with E-state index < -0.39 is 12.0 Å². The maximum absolute atomic E-state index is 11.6. The molecule has 0 radical (unpaired) electrons. The van der Waals surface area contributed by atoms with Crippen molar-refractivity contribution in [2.24, 2.45) is 5.73 Å². The largest absolute Gasteiger partial charge is 0.504 e. The first-order valence-electron chi connectivity index (χ1n) is 6.91. The molecule has 116 valence electrons. The maximum atomic E-state index is 11.6. The van der Waals surface area contributed by atoms with Gasteiger partial charge in [-0.15, -0.1) is 0 Å². The van der Waals surface area contributed by atoms with Crippen LogP contribution >= 0.6 is 0 Å². The molecule has 1 unspecified atom stereocenters. The van der Waals surface area contributed by atoms with Gasteiger partial charge in [0, 0.05) is 12.8 Å². The fraction of sp³-hybridized carbons (Fsp3) is 0.467. The molecule has 0 aliphatic carbocycles. The summed E-state index contributed by atoms with van der Waals surface area (Å²) in [6.45, 7) is 0. The van der Waals surface area contributed by atoms with Gasteiger partial charge in [0.2, 0.25) is 0 Å². The van der Waals surface area contributed by atoms with Gasteiger partial charge in [-0.3, -0.25) is 9.59 Å². The van der Waals surface area contributed by atoms with Gasteiger partial charge in [-0.05, 0) is 43.4 Å². The van der Waals surface area contributed by atoms with Gasteiger partial charge in [-0.2, -0.15) is 0 Å². The van der Waals surface area contributed by atoms with E-state index >= 15 is 0 Å². The van der Waals surface area contributed by atoms with E-state index in [2.05, 4.69) is 0 Å². The molecule has 1 atom stereocenters. The number of phenols is 2. The minimum Gasteiger partial charge on any atom is -0.504 e. The first-order valence-corrected chi connectivity index (χ1v) is 6.91. The average Bonchev–Trinajstić information content (AvgIpc) is 2.42. The molecule has 0 aromatic heterocycles. The minimum atomic E-state index is -1.05.